The normalized spacial score (nSPS) is 11.1. The van der Waals surface area contributed by atoms with Gasteiger partial charge < -0.3 is 10.1 Å². The number of carbonyl (C=O) groups is 1. The van der Waals surface area contributed by atoms with Crippen molar-refractivity contribution in [2.24, 2.45) is 0 Å². The van der Waals surface area contributed by atoms with Crippen LogP contribution in [0.3, 0.4) is 0 Å². The van der Waals surface area contributed by atoms with Crippen molar-refractivity contribution in [3.05, 3.63) is 88.9 Å². The highest BCUT2D eigenvalue weighted by molar-refractivity contribution is 7.89. The van der Waals surface area contributed by atoms with E-state index in [1.54, 1.807) is 12.1 Å². The minimum Gasteiger partial charge on any atom is -0.484 e. The summed E-state index contributed by atoms with van der Waals surface area (Å²) in [5.74, 6) is 0.0326. The van der Waals surface area contributed by atoms with E-state index in [9.17, 15) is 13.2 Å². The molecule has 1 amide bonds. The van der Waals surface area contributed by atoms with Gasteiger partial charge in [-0.15, -0.1) is 0 Å². The number of ether oxygens (including phenoxy) is 1. The van der Waals surface area contributed by atoms with Crippen molar-refractivity contribution >= 4 is 33.2 Å². The van der Waals surface area contributed by atoms with Gasteiger partial charge in [0.25, 0.3) is 5.91 Å². The number of nitrogens with one attached hydrogen (secondary N) is 2. The molecule has 0 aliphatic heterocycles. The molecule has 0 aliphatic carbocycles. The first-order chi connectivity index (χ1) is 14.3. The second kappa shape index (κ2) is 9.75. The van der Waals surface area contributed by atoms with Crippen molar-refractivity contribution in [2.45, 2.75) is 18.4 Å². The molecule has 0 spiro atoms. The van der Waals surface area contributed by atoms with Crippen LogP contribution in [0.1, 0.15) is 11.1 Å². The van der Waals surface area contributed by atoms with Crippen molar-refractivity contribution in [3.8, 4) is 5.75 Å². The summed E-state index contributed by atoms with van der Waals surface area (Å²) in [6, 6.07) is 20.3. The number of anilines is 1. The molecule has 0 aliphatic rings. The van der Waals surface area contributed by atoms with Crippen LogP contribution in [0.4, 0.5) is 5.69 Å². The maximum atomic E-state index is 12.4. The molecule has 6 nitrogen and oxygen atoms in total. The minimum absolute atomic E-state index is 0.115. The molecule has 0 aromatic heterocycles. The van der Waals surface area contributed by atoms with Crippen LogP contribution in [0.2, 0.25) is 5.02 Å². The summed E-state index contributed by atoms with van der Waals surface area (Å²) >= 11 is 6.04. The van der Waals surface area contributed by atoms with Crippen molar-refractivity contribution in [2.75, 3.05) is 11.9 Å². The van der Waals surface area contributed by atoms with Crippen LogP contribution in [-0.2, 0) is 21.4 Å². The monoisotopic (exact) mass is 444 g/mol. The molecule has 0 atom stereocenters. The zero-order valence-electron chi connectivity index (χ0n) is 16.3. The van der Waals surface area contributed by atoms with Crippen LogP contribution < -0.4 is 14.8 Å². The molecule has 0 bridgehead atoms. The average molecular weight is 445 g/mol. The van der Waals surface area contributed by atoms with Crippen LogP contribution in [0.15, 0.2) is 77.7 Å². The Labute approximate surface area is 180 Å². The van der Waals surface area contributed by atoms with Crippen LogP contribution in [0, 0.1) is 6.92 Å². The van der Waals surface area contributed by atoms with Gasteiger partial charge in [-0.25, -0.2) is 13.1 Å². The van der Waals surface area contributed by atoms with Crippen molar-refractivity contribution in [1.82, 2.24) is 4.72 Å². The molecule has 3 aromatic carbocycles. The summed E-state index contributed by atoms with van der Waals surface area (Å²) in [6.45, 7) is 1.85. The molecule has 0 saturated carbocycles. The highest BCUT2D eigenvalue weighted by Crippen LogP contribution is 2.20. The maximum Gasteiger partial charge on any atom is 0.262 e. The fourth-order valence-electron chi connectivity index (χ4n) is 2.59. The Morgan fingerprint density at radius 1 is 1.00 bits per heavy atom. The second-order valence-electron chi connectivity index (χ2n) is 6.58. The summed E-state index contributed by atoms with van der Waals surface area (Å²) in [4.78, 5) is 12.2. The molecule has 0 heterocycles. The van der Waals surface area contributed by atoms with Crippen LogP contribution in [-0.4, -0.2) is 20.9 Å². The fourth-order valence-corrected chi connectivity index (χ4v) is 3.79. The standard InChI is InChI=1S/C22H21ClN2O4S/c1-16-7-8-18(13-21(16)23)25-22(26)15-29-19-9-11-20(12-10-19)30(27,28)24-14-17-5-3-2-4-6-17/h2-13,24H,14-15H2,1H3,(H,25,26). The first kappa shape index (κ1) is 21.8. The lowest BCUT2D eigenvalue weighted by molar-refractivity contribution is -0.118. The van der Waals surface area contributed by atoms with Crippen LogP contribution in [0.25, 0.3) is 0 Å². The Balaban J connectivity index is 1.53. The number of rotatable bonds is 8. The summed E-state index contributed by atoms with van der Waals surface area (Å²) in [5.41, 5.74) is 2.35. The quantitative estimate of drug-likeness (QED) is 0.546. The number of sulfonamides is 1. The molecule has 2 N–H and O–H groups in total. The minimum atomic E-state index is -3.65. The Hall–Kier alpha value is -2.87. The van der Waals surface area contributed by atoms with Gasteiger partial charge in [0.1, 0.15) is 5.75 Å². The SMILES string of the molecule is Cc1ccc(NC(=O)COc2ccc(S(=O)(=O)NCc3ccccc3)cc2)cc1Cl. The van der Waals surface area contributed by atoms with Crippen LogP contribution >= 0.6 is 11.6 Å². The van der Waals surface area contributed by atoms with E-state index in [2.05, 4.69) is 10.0 Å². The molecule has 30 heavy (non-hydrogen) atoms. The molecule has 156 valence electrons. The fraction of sp³-hybridized carbons (Fsp3) is 0.136. The smallest absolute Gasteiger partial charge is 0.262 e. The Kier molecular flexibility index (Phi) is 7.10. The third-order valence-electron chi connectivity index (χ3n) is 4.27. The van der Waals surface area contributed by atoms with Gasteiger partial charge >= 0.3 is 0 Å². The summed E-state index contributed by atoms with van der Waals surface area (Å²) in [5, 5.41) is 3.26. The lowest BCUT2D eigenvalue weighted by atomic mass is 10.2. The van der Waals surface area contributed by atoms with Crippen molar-refractivity contribution in [1.29, 1.82) is 0 Å². The summed E-state index contributed by atoms with van der Waals surface area (Å²) in [6.07, 6.45) is 0. The molecule has 0 radical (unpaired) electrons. The number of hydrogen-bond donors (Lipinski definition) is 2. The van der Waals surface area contributed by atoms with E-state index in [1.807, 2.05) is 43.3 Å². The van der Waals surface area contributed by atoms with E-state index in [1.165, 1.54) is 24.3 Å². The Morgan fingerprint density at radius 2 is 1.70 bits per heavy atom. The predicted molar refractivity (Wildman–Crippen MR) is 117 cm³/mol. The van der Waals surface area contributed by atoms with E-state index in [0.717, 1.165) is 11.1 Å². The number of amides is 1. The number of halogens is 1. The van der Waals surface area contributed by atoms with Crippen LogP contribution in [0.5, 0.6) is 5.75 Å². The number of hydrogen-bond acceptors (Lipinski definition) is 4. The van der Waals surface area contributed by atoms with Gasteiger partial charge in [-0.05, 0) is 54.4 Å². The highest BCUT2D eigenvalue weighted by atomic mass is 35.5. The Bertz CT molecular complexity index is 1120. The van der Waals surface area contributed by atoms with Gasteiger partial charge in [-0.1, -0.05) is 48.0 Å². The molecule has 0 unspecified atom stereocenters. The number of benzene rings is 3. The molecule has 0 saturated heterocycles. The molecule has 0 fully saturated rings. The van der Waals surface area contributed by atoms with E-state index >= 15 is 0 Å². The third kappa shape index (κ3) is 6.06. The predicted octanol–water partition coefficient (Wildman–Crippen LogP) is 4.14. The van der Waals surface area contributed by atoms with Gasteiger partial charge in [0, 0.05) is 17.3 Å². The second-order valence-corrected chi connectivity index (χ2v) is 8.76. The van der Waals surface area contributed by atoms with Crippen molar-refractivity contribution < 1.29 is 17.9 Å². The largest absolute Gasteiger partial charge is 0.484 e. The van der Waals surface area contributed by atoms with Gasteiger partial charge in [0.05, 0.1) is 4.90 Å². The van der Waals surface area contributed by atoms with Gasteiger partial charge in [0.15, 0.2) is 6.61 Å². The van der Waals surface area contributed by atoms with Gasteiger partial charge in [0.2, 0.25) is 10.0 Å². The first-order valence-electron chi connectivity index (χ1n) is 9.16. The lowest BCUT2D eigenvalue weighted by Gasteiger charge is -2.10. The first-order valence-corrected chi connectivity index (χ1v) is 11.0. The van der Waals surface area contributed by atoms with E-state index < -0.39 is 10.0 Å². The van der Waals surface area contributed by atoms with E-state index in [-0.39, 0.29) is 24.0 Å². The maximum absolute atomic E-state index is 12.4. The van der Waals surface area contributed by atoms with Gasteiger partial charge in [-0.3, -0.25) is 4.79 Å². The highest BCUT2D eigenvalue weighted by Gasteiger charge is 2.14. The lowest BCUT2D eigenvalue weighted by Crippen LogP contribution is -2.23. The molecular formula is C22H21ClN2O4S. The number of carbonyl (C=O) groups excluding carboxylic acids is 1. The summed E-state index contributed by atoms with van der Waals surface area (Å²) in [7, 11) is -3.65. The van der Waals surface area contributed by atoms with E-state index in [0.29, 0.717) is 16.5 Å². The summed E-state index contributed by atoms with van der Waals surface area (Å²) < 4.78 is 32.8. The zero-order chi connectivity index (χ0) is 21.6. The van der Waals surface area contributed by atoms with E-state index in [4.69, 9.17) is 16.3 Å². The number of aryl methyl sites for hydroxylation is 1. The molecule has 3 rings (SSSR count). The van der Waals surface area contributed by atoms with Gasteiger partial charge in [-0.2, -0.15) is 0 Å². The van der Waals surface area contributed by atoms with Crippen molar-refractivity contribution in [3.63, 3.8) is 0 Å². The zero-order valence-corrected chi connectivity index (χ0v) is 17.8. The Morgan fingerprint density at radius 3 is 2.37 bits per heavy atom. The molecule has 3 aromatic rings. The average Bonchev–Trinajstić information content (AvgIpc) is 2.74. The molecular weight excluding hydrogens is 424 g/mol. The topological polar surface area (TPSA) is 84.5 Å². The third-order valence-corrected chi connectivity index (χ3v) is 6.09. The molecule has 8 heteroatoms.